The van der Waals surface area contributed by atoms with Gasteiger partial charge in [-0.3, -0.25) is 14.5 Å². The number of nitrogens with one attached hydrogen (secondary N) is 1. The number of carbonyl (C=O) groups is 2. The first kappa shape index (κ1) is 15.1. The molecule has 1 fully saturated rings. The van der Waals surface area contributed by atoms with Crippen LogP contribution in [0.4, 0.5) is 5.69 Å². The molecule has 22 heavy (non-hydrogen) atoms. The number of benzene rings is 1. The second-order valence-electron chi connectivity index (χ2n) is 6.31. The van der Waals surface area contributed by atoms with Crippen LogP contribution in [0.1, 0.15) is 51.0 Å². The van der Waals surface area contributed by atoms with E-state index < -0.39 is 0 Å². The topological polar surface area (TPSA) is 49.4 Å². The van der Waals surface area contributed by atoms with E-state index in [1.165, 1.54) is 19.3 Å². The van der Waals surface area contributed by atoms with Crippen LogP contribution in [0, 0.1) is 0 Å². The summed E-state index contributed by atoms with van der Waals surface area (Å²) in [6, 6.07) is 7.75. The number of nitrogens with zero attached hydrogens (tertiary/aromatic N) is 1. The van der Waals surface area contributed by atoms with Gasteiger partial charge in [0.05, 0.1) is 0 Å². The minimum absolute atomic E-state index is 0.00454. The van der Waals surface area contributed by atoms with Crippen LogP contribution >= 0.6 is 0 Å². The monoisotopic (exact) mass is 300 g/mol. The Kier molecular flexibility index (Phi) is 4.46. The summed E-state index contributed by atoms with van der Waals surface area (Å²) in [5.41, 5.74) is 1.99. The molecule has 1 aliphatic carbocycles. The average Bonchev–Trinajstić information content (AvgIpc) is 2.94. The first-order valence-corrected chi connectivity index (χ1v) is 8.41. The van der Waals surface area contributed by atoms with Crippen LogP contribution < -0.4 is 10.2 Å². The second kappa shape index (κ2) is 6.51. The molecular formula is C18H24N2O2. The zero-order valence-electron chi connectivity index (χ0n) is 13.2. The lowest BCUT2D eigenvalue weighted by molar-refractivity contribution is -0.126. The summed E-state index contributed by atoms with van der Waals surface area (Å²) in [7, 11) is 0. The predicted molar refractivity (Wildman–Crippen MR) is 86.7 cm³/mol. The summed E-state index contributed by atoms with van der Waals surface area (Å²) in [6.07, 6.45) is 6.81. The lowest BCUT2D eigenvalue weighted by atomic mass is 9.95. The van der Waals surface area contributed by atoms with Crippen molar-refractivity contribution in [3.63, 3.8) is 0 Å². The molecule has 0 saturated heterocycles. The zero-order chi connectivity index (χ0) is 15.5. The highest BCUT2D eigenvalue weighted by Gasteiger charge is 2.38. The highest BCUT2D eigenvalue weighted by atomic mass is 16.2. The molecule has 0 spiro atoms. The fraction of sp³-hybridized carbons (Fsp3) is 0.556. The molecule has 0 bridgehead atoms. The van der Waals surface area contributed by atoms with Gasteiger partial charge in [0.25, 0.3) is 0 Å². The number of carbonyl (C=O) groups excluding carboxylic acids is 2. The number of amides is 2. The fourth-order valence-electron chi connectivity index (χ4n) is 3.62. The van der Waals surface area contributed by atoms with Gasteiger partial charge in [-0.05, 0) is 24.5 Å². The SMILES string of the molecule is CCC(=O)N1c2ccccc2C[C@@H]1C(=O)NC1CCCCC1. The Balaban J connectivity index is 1.77. The van der Waals surface area contributed by atoms with Crippen molar-refractivity contribution >= 4 is 17.5 Å². The lowest BCUT2D eigenvalue weighted by Gasteiger charge is -2.28. The summed E-state index contributed by atoms with van der Waals surface area (Å²) < 4.78 is 0. The molecule has 1 aliphatic heterocycles. The molecule has 1 saturated carbocycles. The van der Waals surface area contributed by atoms with Crippen LogP contribution in [0.2, 0.25) is 0 Å². The highest BCUT2D eigenvalue weighted by molar-refractivity contribution is 6.03. The average molecular weight is 300 g/mol. The number of hydrogen-bond donors (Lipinski definition) is 1. The van der Waals surface area contributed by atoms with Crippen LogP contribution in [0.15, 0.2) is 24.3 Å². The van der Waals surface area contributed by atoms with E-state index in [1.54, 1.807) is 4.90 Å². The molecule has 0 aromatic heterocycles. The van der Waals surface area contributed by atoms with E-state index >= 15 is 0 Å². The Morgan fingerprint density at radius 2 is 1.91 bits per heavy atom. The van der Waals surface area contributed by atoms with Gasteiger partial charge < -0.3 is 5.32 Å². The Morgan fingerprint density at radius 3 is 2.64 bits per heavy atom. The predicted octanol–water partition coefficient (Wildman–Crippen LogP) is 2.80. The Labute approximate surface area is 131 Å². The van der Waals surface area contributed by atoms with Crippen molar-refractivity contribution in [2.75, 3.05) is 4.90 Å². The van der Waals surface area contributed by atoms with E-state index in [0.717, 1.165) is 24.1 Å². The van der Waals surface area contributed by atoms with Crippen molar-refractivity contribution in [1.29, 1.82) is 0 Å². The fourth-order valence-corrected chi connectivity index (χ4v) is 3.62. The largest absolute Gasteiger partial charge is 0.352 e. The van der Waals surface area contributed by atoms with Gasteiger partial charge in [-0.2, -0.15) is 0 Å². The number of rotatable bonds is 3. The zero-order valence-corrected chi connectivity index (χ0v) is 13.2. The van der Waals surface area contributed by atoms with Gasteiger partial charge in [-0.25, -0.2) is 0 Å². The molecule has 4 nitrogen and oxygen atoms in total. The molecule has 2 amide bonds. The summed E-state index contributed by atoms with van der Waals surface area (Å²) in [4.78, 5) is 26.7. The summed E-state index contributed by atoms with van der Waals surface area (Å²) >= 11 is 0. The molecule has 118 valence electrons. The van der Waals surface area contributed by atoms with E-state index in [0.29, 0.717) is 12.8 Å². The van der Waals surface area contributed by atoms with Gasteiger partial charge >= 0.3 is 0 Å². The molecule has 1 atom stereocenters. The molecule has 0 radical (unpaired) electrons. The number of hydrogen-bond acceptors (Lipinski definition) is 2. The number of fused-ring (bicyclic) bond motifs is 1. The van der Waals surface area contributed by atoms with E-state index in [2.05, 4.69) is 5.32 Å². The lowest BCUT2D eigenvalue weighted by Crippen LogP contribution is -2.50. The van der Waals surface area contributed by atoms with E-state index in [-0.39, 0.29) is 23.9 Å². The van der Waals surface area contributed by atoms with Crippen LogP contribution in [0.5, 0.6) is 0 Å². The number of para-hydroxylation sites is 1. The first-order chi connectivity index (χ1) is 10.7. The summed E-state index contributed by atoms with van der Waals surface area (Å²) in [5, 5.41) is 3.17. The van der Waals surface area contributed by atoms with Gasteiger partial charge in [0.2, 0.25) is 11.8 Å². The van der Waals surface area contributed by atoms with Gasteiger partial charge in [0.1, 0.15) is 6.04 Å². The van der Waals surface area contributed by atoms with Gasteiger partial charge in [-0.1, -0.05) is 44.4 Å². The molecule has 4 heteroatoms. The van der Waals surface area contributed by atoms with E-state index in [9.17, 15) is 9.59 Å². The molecule has 3 rings (SSSR count). The van der Waals surface area contributed by atoms with Crippen LogP contribution in [-0.2, 0) is 16.0 Å². The number of anilines is 1. The van der Waals surface area contributed by atoms with E-state index in [4.69, 9.17) is 0 Å². The molecule has 1 aromatic carbocycles. The van der Waals surface area contributed by atoms with Gasteiger partial charge in [0, 0.05) is 24.6 Å². The van der Waals surface area contributed by atoms with Crippen molar-refractivity contribution < 1.29 is 9.59 Å². The van der Waals surface area contributed by atoms with Crippen molar-refractivity contribution in [3.8, 4) is 0 Å². The maximum Gasteiger partial charge on any atom is 0.243 e. The minimum atomic E-state index is -0.383. The Morgan fingerprint density at radius 1 is 1.18 bits per heavy atom. The molecule has 1 heterocycles. The van der Waals surface area contributed by atoms with Gasteiger partial charge in [-0.15, -0.1) is 0 Å². The van der Waals surface area contributed by atoms with Gasteiger partial charge in [0.15, 0.2) is 0 Å². The Hall–Kier alpha value is -1.84. The third-order valence-corrected chi connectivity index (χ3v) is 4.80. The second-order valence-corrected chi connectivity index (χ2v) is 6.31. The molecule has 2 aliphatic rings. The quantitative estimate of drug-likeness (QED) is 0.933. The summed E-state index contributed by atoms with van der Waals surface area (Å²) in [5.74, 6) is 0.0265. The van der Waals surface area contributed by atoms with Crippen molar-refractivity contribution in [2.24, 2.45) is 0 Å². The van der Waals surface area contributed by atoms with E-state index in [1.807, 2.05) is 31.2 Å². The first-order valence-electron chi connectivity index (χ1n) is 8.41. The van der Waals surface area contributed by atoms with Crippen molar-refractivity contribution in [2.45, 2.75) is 64.0 Å². The molecule has 0 unspecified atom stereocenters. The summed E-state index contributed by atoms with van der Waals surface area (Å²) in [6.45, 7) is 1.85. The van der Waals surface area contributed by atoms with Crippen LogP contribution in [0.25, 0.3) is 0 Å². The highest BCUT2D eigenvalue weighted by Crippen LogP contribution is 2.33. The molecule has 1 aromatic rings. The van der Waals surface area contributed by atoms with Crippen LogP contribution in [0.3, 0.4) is 0 Å². The molecular weight excluding hydrogens is 276 g/mol. The third kappa shape index (κ3) is 2.87. The van der Waals surface area contributed by atoms with Crippen molar-refractivity contribution in [3.05, 3.63) is 29.8 Å². The Bertz CT molecular complexity index is 564. The van der Waals surface area contributed by atoms with Crippen LogP contribution in [-0.4, -0.2) is 23.9 Å². The maximum absolute atomic E-state index is 12.7. The third-order valence-electron chi connectivity index (χ3n) is 4.80. The maximum atomic E-state index is 12.7. The molecule has 1 N–H and O–H groups in total. The van der Waals surface area contributed by atoms with Crippen molar-refractivity contribution in [1.82, 2.24) is 5.32 Å². The normalized spacial score (nSPS) is 21.5. The minimum Gasteiger partial charge on any atom is -0.352 e. The smallest absolute Gasteiger partial charge is 0.243 e. The standard InChI is InChI=1S/C18H24N2O2/c1-2-17(21)20-15-11-7-6-8-13(15)12-16(20)18(22)19-14-9-4-3-5-10-14/h6-8,11,14,16H,2-5,9-10,12H2,1H3,(H,19,22)/t16-/m1/s1.